The third-order valence-electron chi connectivity index (χ3n) is 4.79. The molecule has 0 spiro atoms. The SMILES string of the molecule is Cc1nnc(CN=C(NCCc2ccccn2)NCCN2CCOCC2)n1C.I. The second-order valence-corrected chi connectivity index (χ2v) is 6.77. The number of rotatable bonds is 8. The van der Waals surface area contributed by atoms with E-state index in [1.54, 1.807) is 0 Å². The van der Waals surface area contributed by atoms with Crippen LogP contribution in [0.1, 0.15) is 17.3 Å². The van der Waals surface area contributed by atoms with Gasteiger partial charge in [-0.1, -0.05) is 6.07 Å². The van der Waals surface area contributed by atoms with Crippen LogP contribution in [0, 0.1) is 6.92 Å². The maximum Gasteiger partial charge on any atom is 0.191 e. The average molecular weight is 514 g/mol. The summed E-state index contributed by atoms with van der Waals surface area (Å²) in [5, 5.41) is 15.1. The van der Waals surface area contributed by atoms with Gasteiger partial charge in [0.1, 0.15) is 12.4 Å². The zero-order chi connectivity index (χ0) is 19.6. The summed E-state index contributed by atoms with van der Waals surface area (Å²) in [6, 6.07) is 5.97. The number of guanidine groups is 1. The molecule has 0 radical (unpaired) electrons. The van der Waals surface area contributed by atoms with E-state index in [0.717, 1.165) is 75.7 Å². The number of hydrogen-bond donors (Lipinski definition) is 2. The third-order valence-corrected chi connectivity index (χ3v) is 4.79. The Labute approximate surface area is 189 Å². The summed E-state index contributed by atoms with van der Waals surface area (Å²) in [7, 11) is 1.96. The first kappa shape index (κ1) is 23.5. The third kappa shape index (κ3) is 7.86. The molecule has 10 heteroatoms. The highest BCUT2D eigenvalue weighted by molar-refractivity contribution is 14.0. The number of aliphatic imine (C=N–C) groups is 1. The molecule has 2 aromatic rings. The highest BCUT2D eigenvalue weighted by atomic mass is 127. The number of nitrogens with zero attached hydrogens (tertiary/aromatic N) is 6. The van der Waals surface area contributed by atoms with Crippen molar-refractivity contribution in [2.45, 2.75) is 19.9 Å². The van der Waals surface area contributed by atoms with Crippen molar-refractivity contribution < 1.29 is 4.74 Å². The van der Waals surface area contributed by atoms with Crippen molar-refractivity contribution in [2.75, 3.05) is 45.9 Å². The van der Waals surface area contributed by atoms with Crippen molar-refractivity contribution in [1.82, 2.24) is 35.3 Å². The minimum atomic E-state index is 0. The van der Waals surface area contributed by atoms with E-state index < -0.39 is 0 Å². The number of aryl methyl sites for hydroxylation is 1. The molecule has 0 aromatic carbocycles. The normalized spacial score (nSPS) is 15.0. The van der Waals surface area contributed by atoms with Crippen molar-refractivity contribution in [3.05, 3.63) is 41.7 Å². The molecule has 0 atom stereocenters. The molecule has 0 saturated carbocycles. The molecule has 1 saturated heterocycles. The fourth-order valence-electron chi connectivity index (χ4n) is 2.92. The maximum absolute atomic E-state index is 5.40. The number of ether oxygens (including phenoxy) is 1. The summed E-state index contributed by atoms with van der Waals surface area (Å²) in [4.78, 5) is 11.5. The Morgan fingerprint density at radius 2 is 1.97 bits per heavy atom. The minimum absolute atomic E-state index is 0. The van der Waals surface area contributed by atoms with E-state index in [1.165, 1.54) is 0 Å². The predicted molar refractivity (Wildman–Crippen MR) is 123 cm³/mol. The molecule has 9 nitrogen and oxygen atoms in total. The molecule has 29 heavy (non-hydrogen) atoms. The van der Waals surface area contributed by atoms with Gasteiger partial charge in [0.15, 0.2) is 11.8 Å². The van der Waals surface area contributed by atoms with E-state index in [4.69, 9.17) is 4.74 Å². The largest absolute Gasteiger partial charge is 0.379 e. The number of nitrogens with one attached hydrogen (secondary N) is 2. The lowest BCUT2D eigenvalue weighted by Gasteiger charge is -2.26. The number of hydrogen-bond acceptors (Lipinski definition) is 6. The number of aromatic nitrogens is 4. The molecular weight excluding hydrogens is 483 g/mol. The van der Waals surface area contributed by atoms with Crippen molar-refractivity contribution in [1.29, 1.82) is 0 Å². The average Bonchev–Trinajstić information content (AvgIpc) is 3.05. The molecule has 0 unspecified atom stereocenters. The van der Waals surface area contributed by atoms with Crippen LogP contribution in [0.2, 0.25) is 0 Å². The van der Waals surface area contributed by atoms with E-state index in [9.17, 15) is 0 Å². The van der Waals surface area contributed by atoms with Gasteiger partial charge in [-0.2, -0.15) is 0 Å². The summed E-state index contributed by atoms with van der Waals surface area (Å²) in [6.45, 7) is 8.57. The second-order valence-electron chi connectivity index (χ2n) is 6.77. The van der Waals surface area contributed by atoms with Gasteiger partial charge >= 0.3 is 0 Å². The Kier molecular flexibility index (Phi) is 10.3. The predicted octanol–water partition coefficient (Wildman–Crippen LogP) is 0.747. The van der Waals surface area contributed by atoms with Gasteiger partial charge in [0, 0.05) is 58.1 Å². The van der Waals surface area contributed by atoms with Crippen LogP contribution < -0.4 is 10.6 Å². The first-order valence-electron chi connectivity index (χ1n) is 9.79. The first-order valence-corrected chi connectivity index (χ1v) is 9.79. The maximum atomic E-state index is 5.40. The highest BCUT2D eigenvalue weighted by Gasteiger charge is 2.10. The lowest BCUT2D eigenvalue weighted by molar-refractivity contribution is 0.0389. The summed E-state index contributed by atoms with van der Waals surface area (Å²) in [5.74, 6) is 2.51. The van der Waals surface area contributed by atoms with Gasteiger partial charge in [-0.3, -0.25) is 9.88 Å². The van der Waals surface area contributed by atoms with Crippen LogP contribution in [0.15, 0.2) is 29.4 Å². The quantitative estimate of drug-likeness (QED) is 0.305. The van der Waals surface area contributed by atoms with Crippen LogP contribution in [-0.4, -0.2) is 76.5 Å². The van der Waals surface area contributed by atoms with Crippen LogP contribution in [0.4, 0.5) is 0 Å². The number of morpholine rings is 1. The van der Waals surface area contributed by atoms with E-state index in [1.807, 2.05) is 42.9 Å². The van der Waals surface area contributed by atoms with E-state index in [0.29, 0.717) is 6.54 Å². The Balaban J connectivity index is 0.00000300. The standard InChI is InChI=1S/C19H30N8O.HI/c1-16-24-25-18(26(16)2)15-23-19(21-8-6-17-5-3-4-7-20-17)22-9-10-27-11-13-28-14-12-27;/h3-5,7H,6,8-15H2,1-2H3,(H2,21,22,23);1H. The Morgan fingerprint density at radius 1 is 1.17 bits per heavy atom. The summed E-state index contributed by atoms with van der Waals surface area (Å²) in [5.41, 5.74) is 1.06. The van der Waals surface area contributed by atoms with Gasteiger partial charge < -0.3 is 19.9 Å². The zero-order valence-electron chi connectivity index (χ0n) is 17.2. The monoisotopic (exact) mass is 514 g/mol. The molecule has 160 valence electrons. The molecule has 3 rings (SSSR count). The highest BCUT2D eigenvalue weighted by Crippen LogP contribution is 1.99. The van der Waals surface area contributed by atoms with Crippen LogP contribution in [0.3, 0.4) is 0 Å². The van der Waals surface area contributed by atoms with E-state index >= 15 is 0 Å². The van der Waals surface area contributed by atoms with Gasteiger partial charge in [0.25, 0.3) is 0 Å². The summed E-state index contributed by atoms with van der Waals surface area (Å²) in [6.07, 6.45) is 2.66. The van der Waals surface area contributed by atoms with Crippen molar-refractivity contribution in [3.8, 4) is 0 Å². The molecule has 1 fully saturated rings. The second kappa shape index (κ2) is 12.7. The Hall–Kier alpha value is -1.79. The molecule has 0 amide bonds. The fraction of sp³-hybridized carbons (Fsp3) is 0.579. The molecule has 2 aromatic heterocycles. The Morgan fingerprint density at radius 3 is 2.66 bits per heavy atom. The van der Waals surface area contributed by atoms with Crippen molar-refractivity contribution in [2.24, 2.45) is 12.0 Å². The molecule has 3 heterocycles. The van der Waals surface area contributed by atoms with Crippen molar-refractivity contribution >= 4 is 29.9 Å². The van der Waals surface area contributed by atoms with Gasteiger partial charge in [-0.15, -0.1) is 34.2 Å². The minimum Gasteiger partial charge on any atom is -0.379 e. The fourth-order valence-corrected chi connectivity index (χ4v) is 2.92. The zero-order valence-corrected chi connectivity index (χ0v) is 19.5. The molecule has 0 bridgehead atoms. The van der Waals surface area contributed by atoms with Gasteiger partial charge in [0.05, 0.1) is 13.2 Å². The summed E-state index contributed by atoms with van der Waals surface area (Å²) < 4.78 is 7.36. The number of halogens is 1. The van der Waals surface area contributed by atoms with Gasteiger partial charge in [-0.05, 0) is 19.1 Å². The number of pyridine rings is 1. The molecule has 1 aliphatic heterocycles. The lowest BCUT2D eigenvalue weighted by atomic mass is 10.3. The molecule has 2 N–H and O–H groups in total. The molecule has 1 aliphatic rings. The smallest absolute Gasteiger partial charge is 0.191 e. The van der Waals surface area contributed by atoms with Crippen LogP contribution >= 0.6 is 24.0 Å². The van der Waals surface area contributed by atoms with Crippen LogP contribution in [-0.2, 0) is 24.8 Å². The lowest BCUT2D eigenvalue weighted by Crippen LogP contribution is -2.44. The van der Waals surface area contributed by atoms with Crippen LogP contribution in [0.25, 0.3) is 0 Å². The molecule has 0 aliphatic carbocycles. The van der Waals surface area contributed by atoms with E-state index in [2.05, 4.69) is 35.7 Å². The topological polar surface area (TPSA) is 92.5 Å². The van der Waals surface area contributed by atoms with Gasteiger partial charge in [0.2, 0.25) is 0 Å². The summed E-state index contributed by atoms with van der Waals surface area (Å²) >= 11 is 0. The molecular formula is C19H31IN8O. The van der Waals surface area contributed by atoms with Crippen LogP contribution in [0.5, 0.6) is 0 Å². The van der Waals surface area contributed by atoms with Gasteiger partial charge in [-0.25, -0.2) is 4.99 Å². The first-order chi connectivity index (χ1) is 13.7. The Bertz CT molecular complexity index is 746. The van der Waals surface area contributed by atoms with Crippen molar-refractivity contribution in [3.63, 3.8) is 0 Å². The van der Waals surface area contributed by atoms with E-state index in [-0.39, 0.29) is 24.0 Å².